The van der Waals surface area contributed by atoms with Gasteiger partial charge in [0.2, 0.25) is 11.8 Å². The lowest BCUT2D eigenvalue weighted by Crippen LogP contribution is -2.42. The third-order valence-corrected chi connectivity index (χ3v) is 7.32. The largest absolute Gasteiger partial charge is 0.436 e. The zero-order chi connectivity index (χ0) is 25.1. The smallest absolute Gasteiger partial charge is 0.253 e. The summed E-state index contributed by atoms with van der Waals surface area (Å²) in [4.78, 5) is 32.5. The fourth-order valence-electron chi connectivity index (χ4n) is 4.92. The number of carbonyl (C=O) groups is 2. The van der Waals surface area contributed by atoms with Crippen molar-refractivity contribution in [2.24, 2.45) is 11.8 Å². The molecule has 2 heterocycles. The molecule has 6 nitrogen and oxygen atoms in total. The van der Waals surface area contributed by atoms with Gasteiger partial charge >= 0.3 is 0 Å². The zero-order valence-corrected chi connectivity index (χ0v) is 20.7. The maximum Gasteiger partial charge on any atom is 0.253 e. The van der Waals surface area contributed by atoms with Gasteiger partial charge in [-0.25, -0.2) is 4.98 Å². The van der Waals surface area contributed by atoms with Gasteiger partial charge in [-0.3, -0.25) is 9.59 Å². The second kappa shape index (κ2) is 10.4. The predicted octanol–water partition coefficient (Wildman–Crippen LogP) is 5.61. The van der Waals surface area contributed by atoms with Crippen LogP contribution in [0.3, 0.4) is 0 Å². The van der Waals surface area contributed by atoms with Crippen LogP contribution in [0.15, 0.2) is 77.2 Å². The molecule has 6 heteroatoms. The Labute approximate surface area is 211 Å². The highest BCUT2D eigenvalue weighted by Gasteiger charge is 2.30. The number of hydrogen-bond donors (Lipinski definition) is 1. The van der Waals surface area contributed by atoms with Gasteiger partial charge < -0.3 is 14.6 Å². The molecule has 1 aliphatic rings. The minimum Gasteiger partial charge on any atom is -0.436 e. The van der Waals surface area contributed by atoms with Crippen molar-refractivity contribution in [1.29, 1.82) is 0 Å². The first kappa shape index (κ1) is 23.8. The molecule has 0 saturated carbocycles. The number of aryl methyl sites for hydroxylation is 1. The van der Waals surface area contributed by atoms with E-state index in [1.165, 1.54) is 5.56 Å². The highest BCUT2D eigenvalue weighted by atomic mass is 16.3. The number of amides is 2. The number of rotatable bonds is 6. The number of fused-ring (bicyclic) bond motifs is 1. The molecule has 1 saturated heterocycles. The molecule has 0 unspecified atom stereocenters. The standard InChI is InChI=1S/C30H31N3O3/c1-20-8-6-7-11-25(20)19-31-28(34)21(2)22-14-16-33(17-15-22)30(35)24-12-13-27-26(18-24)32-29(36-27)23-9-4-3-5-10-23/h3-13,18,21-22H,14-17,19H2,1-2H3,(H,31,34)/t21-/m1/s1. The van der Waals surface area contributed by atoms with Crippen molar-refractivity contribution in [3.05, 3.63) is 89.5 Å². The van der Waals surface area contributed by atoms with E-state index in [4.69, 9.17) is 4.42 Å². The van der Waals surface area contributed by atoms with Gasteiger partial charge in [0.05, 0.1) is 0 Å². The molecule has 0 aliphatic carbocycles. The van der Waals surface area contributed by atoms with E-state index in [2.05, 4.69) is 23.3 Å². The summed E-state index contributed by atoms with van der Waals surface area (Å²) in [6.07, 6.45) is 1.63. The van der Waals surface area contributed by atoms with E-state index in [-0.39, 0.29) is 23.7 Å². The summed E-state index contributed by atoms with van der Waals surface area (Å²) >= 11 is 0. The first-order chi connectivity index (χ1) is 17.5. The summed E-state index contributed by atoms with van der Waals surface area (Å²) in [6, 6.07) is 23.3. The molecule has 1 atom stereocenters. The Morgan fingerprint density at radius 3 is 2.50 bits per heavy atom. The Morgan fingerprint density at radius 1 is 1.03 bits per heavy atom. The third-order valence-electron chi connectivity index (χ3n) is 7.32. The highest BCUT2D eigenvalue weighted by Crippen LogP contribution is 2.28. The molecular formula is C30H31N3O3. The van der Waals surface area contributed by atoms with Crippen LogP contribution in [0.4, 0.5) is 0 Å². The van der Waals surface area contributed by atoms with Crippen LogP contribution in [0.25, 0.3) is 22.6 Å². The van der Waals surface area contributed by atoms with E-state index in [9.17, 15) is 9.59 Å². The number of nitrogens with zero attached hydrogens (tertiary/aromatic N) is 2. The maximum absolute atomic E-state index is 13.2. The molecule has 1 aromatic heterocycles. The number of carbonyl (C=O) groups excluding carboxylic acids is 2. The van der Waals surface area contributed by atoms with Gasteiger partial charge in [-0.05, 0) is 67.1 Å². The predicted molar refractivity (Wildman–Crippen MR) is 140 cm³/mol. The summed E-state index contributed by atoms with van der Waals surface area (Å²) < 4.78 is 5.88. The molecule has 0 spiro atoms. The van der Waals surface area contributed by atoms with Crippen LogP contribution < -0.4 is 5.32 Å². The quantitative estimate of drug-likeness (QED) is 0.389. The van der Waals surface area contributed by atoms with Gasteiger partial charge in [0, 0.05) is 36.7 Å². The molecule has 184 valence electrons. The molecule has 1 fully saturated rings. The number of likely N-dealkylation sites (tertiary alicyclic amines) is 1. The second-order valence-electron chi connectivity index (χ2n) is 9.63. The SMILES string of the molecule is Cc1ccccc1CNC(=O)[C@H](C)C1CCN(C(=O)c2ccc3oc(-c4ccccc4)nc3c2)CC1. The summed E-state index contributed by atoms with van der Waals surface area (Å²) in [5, 5.41) is 3.09. The van der Waals surface area contributed by atoms with Crippen molar-refractivity contribution in [1.82, 2.24) is 15.2 Å². The van der Waals surface area contributed by atoms with Crippen LogP contribution in [0.5, 0.6) is 0 Å². The van der Waals surface area contributed by atoms with Gasteiger partial charge in [0.1, 0.15) is 5.52 Å². The average Bonchev–Trinajstić information content (AvgIpc) is 3.36. The summed E-state index contributed by atoms with van der Waals surface area (Å²) in [7, 11) is 0. The Kier molecular flexibility index (Phi) is 6.85. The number of aromatic nitrogens is 1. The Balaban J connectivity index is 1.18. The average molecular weight is 482 g/mol. The van der Waals surface area contributed by atoms with Crippen LogP contribution in [0, 0.1) is 18.8 Å². The Bertz CT molecular complexity index is 1370. The first-order valence-electron chi connectivity index (χ1n) is 12.6. The van der Waals surface area contributed by atoms with E-state index in [0.29, 0.717) is 42.2 Å². The van der Waals surface area contributed by atoms with E-state index in [0.717, 1.165) is 24.0 Å². The van der Waals surface area contributed by atoms with Crippen LogP contribution in [0.2, 0.25) is 0 Å². The molecule has 4 aromatic rings. The van der Waals surface area contributed by atoms with Crippen LogP contribution in [-0.2, 0) is 11.3 Å². The molecule has 36 heavy (non-hydrogen) atoms. The zero-order valence-electron chi connectivity index (χ0n) is 20.7. The van der Waals surface area contributed by atoms with Gasteiger partial charge in [-0.2, -0.15) is 0 Å². The molecular weight excluding hydrogens is 450 g/mol. The maximum atomic E-state index is 13.2. The second-order valence-corrected chi connectivity index (χ2v) is 9.63. The third kappa shape index (κ3) is 5.03. The normalized spacial score (nSPS) is 15.1. The van der Waals surface area contributed by atoms with E-state index < -0.39 is 0 Å². The van der Waals surface area contributed by atoms with E-state index in [1.807, 2.05) is 66.4 Å². The Hall–Kier alpha value is -3.93. The van der Waals surface area contributed by atoms with Gasteiger partial charge in [0.15, 0.2) is 5.58 Å². The fraction of sp³-hybridized carbons (Fsp3) is 0.300. The molecule has 3 aromatic carbocycles. The first-order valence-corrected chi connectivity index (χ1v) is 12.6. The fourth-order valence-corrected chi connectivity index (χ4v) is 4.92. The van der Waals surface area contributed by atoms with Crippen molar-refractivity contribution >= 4 is 22.9 Å². The van der Waals surface area contributed by atoms with Crippen molar-refractivity contribution in [3.63, 3.8) is 0 Å². The number of benzene rings is 3. The van der Waals surface area contributed by atoms with Crippen molar-refractivity contribution < 1.29 is 14.0 Å². The number of piperidine rings is 1. The van der Waals surface area contributed by atoms with Gasteiger partial charge in [-0.1, -0.05) is 49.4 Å². The summed E-state index contributed by atoms with van der Waals surface area (Å²) in [6.45, 7) is 5.89. The van der Waals surface area contributed by atoms with Crippen molar-refractivity contribution in [3.8, 4) is 11.5 Å². The summed E-state index contributed by atoms with van der Waals surface area (Å²) in [5.41, 5.74) is 5.16. The van der Waals surface area contributed by atoms with Gasteiger partial charge in [0.25, 0.3) is 5.91 Å². The monoisotopic (exact) mass is 481 g/mol. The number of hydrogen-bond acceptors (Lipinski definition) is 4. The minimum atomic E-state index is -0.0887. The lowest BCUT2D eigenvalue weighted by atomic mass is 9.84. The Morgan fingerprint density at radius 2 is 1.75 bits per heavy atom. The number of oxazole rings is 1. The summed E-state index contributed by atoms with van der Waals surface area (Å²) in [5.74, 6) is 0.794. The lowest BCUT2D eigenvalue weighted by molar-refractivity contribution is -0.126. The lowest BCUT2D eigenvalue weighted by Gasteiger charge is -2.34. The molecule has 0 radical (unpaired) electrons. The molecule has 5 rings (SSSR count). The number of nitrogens with one attached hydrogen (secondary N) is 1. The molecule has 2 amide bonds. The topological polar surface area (TPSA) is 75.4 Å². The molecule has 0 bridgehead atoms. The minimum absolute atomic E-state index is 0.00346. The van der Waals surface area contributed by atoms with Gasteiger partial charge in [-0.15, -0.1) is 0 Å². The van der Waals surface area contributed by atoms with Crippen LogP contribution in [-0.4, -0.2) is 34.8 Å². The van der Waals surface area contributed by atoms with E-state index in [1.54, 1.807) is 12.1 Å². The highest BCUT2D eigenvalue weighted by molar-refractivity contribution is 5.97. The molecule has 1 aliphatic heterocycles. The van der Waals surface area contributed by atoms with Crippen LogP contribution in [0.1, 0.15) is 41.3 Å². The van der Waals surface area contributed by atoms with Crippen molar-refractivity contribution in [2.75, 3.05) is 13.1 Å². The molecule has 1 N–H and O–H groups in total. The van der Waals surface area contributed by atoms with Crippen molar-refractivity contribution in [2.45, 2.75) is 33.2 Å². The van der Waals surface area contributed by atoms with Crippen LogP contribution >= 0.6 is 0 Å². The van der Waals surface area contributed by atoms with E-state index >= 15 is 0 Å².